The summed E-state index contributed by atoms with van der Waals surface area (Å²) >= 11 is 0. The first-order valence-corrected chi connectivity index (χ1v) is 9.77. The summed E-state index contributed by atoms with van der Waals surface area (Å²) in [7, 11) is 2.21. The van der Waals surface area contributed by atoms with Crippen molar-refractivity contribution in [1.29, 1.82) is 0 Å². The summed E-state index contributed by atoms with van der Waals surface area (Å²) in [5.74, 6) is 2.77. The zero-order valence-electron chi connectivity index (χ0n) is 15.9. The molecule has 0 saturated carbocycles. The molecule has 0 amide bonds. The van der Waals surface area contributed by atoms with Gasteiger partial charge in [0.25, 0.3) is 0 Å². The second-order valence-corrected chi connectivity index (χ2v) is 7.41. The Balaban J connectivity index is 1.64. The third-order valence-electron chi connectivity index (χ3n) is 5.54. The summed E-state index contributed by atoms with van der Waals surface area (Å²) in [5.41, 5.74) is 1.95. The summed E-state index contributed by atoms with van der Waals surface area (Å²) < 4.78 is 5.54. The van der Waals surface area contributed by atoms with Gasteiger partial charge in [-0.25, -0.2) is 9.97 Å². The maximum absolute atomic E-state index is 5.54. The number of hydrogen-bond donors (Lipinski definition) is 0. The van der Waals surface area contributed by atoms with Crippen molar-refractivity contribution >= 4 is 22.7 Å². The maximum atomic E-state index is 5.54. The van der Waals surface area contributed by atoms with Gasteiger partial charge in [0, 0.05) is 32.7 Å². The van der Waals surface area contributed by atoms with Crippen LogP contribution >= 0.6 is 0 Å². The Morgan fingerprint density at radius 1 is 1.04 bits per heavy atom. The van der Waals surface area contributed by atoms with Crippen molar-refractivity contribution in [2.75, 3.05) is 69.3 Å². The second-order valence-electron chi connectivity index (χ2n) is 7.41. The van der Waals surface area contributed by atoms with Crippen LogP contribution in [0.2, 0.25) is 0 Å². The van der Waals surface area contributed by atoms with Gasteiger partial charge in [-0.15, -0.1) is 0 Å². The van der Waals surface area contributed by atoms with Crippen LogP contribution in [0.1, 0.15) is 13.3 Å². The highest BCUT2D eigenvalue weighted by Gasteiger charge is 2.29. The van der Waals surface area contributed by atoms with E-state index in [-0.39, 0.29) is 0 Å². The Morgan fingerprint density at radius 3 is 2.35 bits per heavy atom. The molecule has 1 aromatic carbocycles. The number of hydrogen-bond acceptors (Lipinski definition) is 6. The molecule has 0 bridgehead atoms. The van der Waals surface area contributed by atoms with Crippen LogP contribution < -0.4 is 9.80 Å². The van der Waals surface area contributed by atoms with Crippen molar-refractivity contribution in [3.63, 3.8) is 0 Å². The summed E-state index contributed by atoms with van der Waals surface area (Å²) in [4.78, 5) is 17.2. The van der Waals surface area contributed by atoms with Crippen molar-refractivity contribution in [1.82, 2.24) is 14.9 Å². The SMILES string of the molecule is CCN(C)CC1CCN(c2nc3ccccc3nc2N2CCOCC2)C1. The molecule has 3 heterocycles. The molecular formula is C20H29N5O. The Labute approximate surface area is 155 Å². The minimum absolute atomic E-state index is 0.700. The van der Waals surface area contributed by atoms with Crippen LogP contribution in [-0.4, -0.2) is 74.4 Å². The molecule has 0 spiro atoms. The minimum atomic E-state index is 0.700. The van der Waals surface area contributed by atoms with E-state index in [9.17, 15) is 0 Å². The van der Waals surface area contributed by atoms with E-state index in [0.717, 1.165) is 75.2 Å². The fourth-order valence-corrected chi connectivity index (χ4v) is 3.92. The van der Waals surface area contributed by atoms with Gasteiger partial charge in [-0.05, 0) is 38.1 Å². The van der Waals surface area contributed by atoms with Crippen molar-refractivity contribution in [3.8, 4) is 0 Å². The highest BCUT2D eigenvalue weighted by Crippen LogP contribution is 2.32. The molecule has 1 unspecified atom stereocenters. The first-order valence-electron chi connectivity index (χ1n) is 9.77. The highest BCUT2D eigenvalue weighted by atomic mass is 16.5. The van der Waals surface area contributed by atoms with Crippen LogP contribution in [0.4, 0.5) is 11.6 Å². The van der Waals surface area contributed by atoms with E-state index < -0.39 is 0 Å². The van der Waals surface area contributed by atoms with Gasteiger partial charge < -0.3 is 19.4 Å². The van der Waals surface area contributed by atoms with Crippen molar-refractivity contribution in [2.24, 2.45) is 5.92 Å². The highest BCUT2D eigenvalue weighted by molar-refractivity contribution is 5.81. The molecule has 0 radical (unpaired) electrons. The van der Waals surface area contributed by atoms with Crippen molar-refractivity contribution in [3.05, 3.63) is 24.3 Å². The number of para-hydroxylation sites is 2. The minimum Gasteiger partial charge on any atom is -0.378 e. The van der Waals surface area contributed by atoms with Gasteiger partial charge in [0.1, 0.15) is 0 Å². The molecule has 1 aromatic heterocycles. The molecule has 2 fully saturated rings. The molecule has 2 saturated heterocycles. The molecule has 2 aliphatic heterocycles. The molecular weight excluding hydrogens is 326 g/mol. The van der Waals surface area contributed by atoms with Gasteiger partial charge in [0.2, 0.25) is 0 Å². The maximum Gasteiger partial charge on any atom is 0.172 e. The molecule has 0 aliphatic carbocycles. The van der Waals surface area contributed by atoms with Gasteiger partial charge in [-0.2, -0.15) is 0 Å². The topological polar surface area (TPSA) is 44.7 Å². The number of benzene rings is 1. The Hall–Kier alpha value is -1.92. The van der Waals surface area contributed by atoms with Crippen LogP contribution in [0, 0.1) is 5.92 Å². The first kappa shape index (κ1) is 17.5. The van der Waals surface area contributed by atoms with Crippen molar-refractivity contribution < 1.29 is 4.74 Å². The summed E-state index contributed by atoms with van der Waals surface area (Å²) in [6.07, 6.45) is 1.22. The lowest BCUT2D eigenvalue weighted by molar-refractivity contribution is 0.122. The zero-order valence-corrected chi connectivity index (χ0v) is 15.9. The van der Waals surface area contributed by atoms with Gasteiger partial charge in [0.05, 0.1) is 24.2 Å². The second kappa shape index (κ2) is 7.76. The van der Waals surface area contributed by atoms with Gasteiger partial charge in [-0.3, -0.25) is 0 Å². The van der Waals surface area contributed by atoms with Crippen LogP contribution in [0.25, 0.3) is 11.0 Å². The normalized spacial score (nSPS) is 21.1. The third-order valence-corrected chi connectivity index (χ3v) is 5.54. The predicted octanol–water partition coefficient (Wildman–Crippen LogP) is 2.24. The standard InChI is InChI=1S/C20H29N5O/c1-3-23(2)14-16-8-9-25(15-16)20-19(24-10-12-26-13-11-24)21-17-6-4-5-7-18(17)22-20/h4-7,16H,3,8-15H2,1-2H3. The summed E-state index contributed by atoms with van der Waals surface area (Å²) in [6.45, 7) is 9.90. The lowest BCUT2D eigenvalue weighted by Crippen LogP contribution is -2.38. The molecule has 6 nitrogen and oxygen atoms in total. The van der Waals surface area contributed by atoms with Crippen LogP contribution in [0.5, 0.6) is 0 Å². The fraction of sp³-hybridized carbons (Fsp3) is 0.600. The van der Waals surface area contributed by atoms with Gasteiger partial charge >= 0.3 is 0 Å². The smallest absolute Gasteiger partial charge is 0.172 e. The summed E-state index contributed by atoms with van der Waals surface area (Å²) in [6, 6.07) is 8.19. The van der Waals surface area contributed by atoms with Crippen LogP contribution in [0.15, 0.2) is 24.3 Å². The molecule has 140 valence electrons. The number of aromatic nitrogens is 2. The lowest BCUT2D eigenvalue weighted by atomic mass is 10.1. The van der Waals surface area contributed by atoms with Gasteiger partial charge in [0.15, 0.2) is 11.6 Å². The third kappa shape index (κ3) is 3.62. The number of morpholine rings is 1. The lowest BCUT2D eigenvalue weighted by Gasteiger charge is -2.31. The van der Waals surface area contributed by atoms with E-state index in [1.807, 2.05) is 12.1 Å². The molecule has 0 N–H and O–H groups in total. The fourth-order valence-electron chi connectivity index (χ4n) is 3.92. The Morgan fingerprint density at radius 2 is 1.69 bits per heavy atom. The molecule has 26 heavy (non-hydrogen) atoms. The number of rotatable bonds is 5. The number of fused-ring (bicyclic) bond motifs is 1. The predicted molar refractivity (Wildman–Crippen MR) is 106 cm³/mol. The van der Waals surface area contributed by atoms with E-state index >= 15 is 0 Å². The zero-order chi connectivity index (χ0) is 17.9. The Kier molecular flexibility index (Phi) is 5.22. The summed E-state index contributed by atoms with van der Waals surface area (Å²) in [5, 5.41) is 0. The number of ether oxygens (including phenoxy) is 1. The largest absolute Gasteiger partial charge is 0.378 e. The molecule has 1 atom stereocenters. The van der Waals surface area contributed by atoms with Crippen LogP contribution in [0.3, 0.4) is 0 Å². The van der Waals surface area contributed by atoms with E-state index in [2.05, 4.69) is 40.8 Å². The number of nitrogens with zero attached hydrogens (tertiary/aromatic N) is 5. The average molecular weight is 355 g/mol. The van der Waals surface area contributed by atoms with Gasteiger partial charge in [-0.1, -0.05) is 19.1 Å². The van der Waals surface area contributed by atoms with Crippen LogP contribution in [-0.2, 0) is 4.74 Å². The average Bonchev–Trinajstić information content (AvgIpc) is 3.15. The molecule has 4 rings (SSSR count). The van der Waals surface area contributed by atoms with E-state index in [4.69, 9.17) is 14.7 Å². The molecule has 2 aliphatic rings. The number of anilines is 2. The van der Waals surface area contributed by atoms with E-state index in [1.165, 1.54) is 6.42 Å². The molecule has 2 aromatic rings. The van der Waals surface area contributed by atoms with E-state index in [0.29, 0.717) is 5.92 Å². The molecule has 6 heteroatoms. The quantitative estimate of drug-likeness (QED) is 0.820. The van der Waals surface area contributed by atoms with E-state index in [1.54, 1.807) is 0 Å². The van der Waals surface area contributed by atoms with Crippen molar-refractivity contribution in [2.45, 2.75) is 13.3 Å². The monoisotopic (exact) mass is 355 g/mol. The first-order chi connectivity index (χ1) is 12.7. The Bertz CT molecular complexity index is 746.